The van der Waals surface area contributed by atoms with Crippen molar-refractivity contribution in [1.82, 2.24) is 14.8 Å². The Morgan fingerprint density at radius 1 is 1.00 bits per heavy atom. The fourth-order valence-electron chi connectivity index (χ4n) is 3.25. The molecule has 0 bridgehead atoms. The van der Waals surface area contributed by atoms with Crippen LogP contribution < -0.4 is 4.87 Å². The molecule has 1 heterocycles. The molecule has 0 unspecified atom stereocenters. The van der Waals surface area contributed by atoms with Crippen molar-refractivity contribution in [2.24, 2.45) is 0 Å². The van der Waals surface area contributed by atoms with Gasteiger partial charge in [0, 0.05) is 13.1 Å². The first-order valence-electron chi connectivity index (χ1n) is 9.65. The molecule has 0 saturated carbocycles. The second-order valence-corrected chi connectivity index (χ2v) is 7.96. The summed E-state index contributed by atoms with van der Waals surface area (Å²) in [4.78, 5) is 19.3. The Balaban J connectivity index is 1.66. The van der Waals surface area contributed by atoms with Crippen molar-refractivity contribution in [1.29, 1.82) is 0 Å². The summed E-state index contributed by atoms with van der Waals surface area (Å²) in [5.41, 5.74) is 2.30. The molecular formula is C20H33N3OS. The lowest BCUT2D eigenvalue weighted by Gasteiger charge is -2.24. The Bertz CT molecular complexity index is 673. The van der Waals surface area contributed by atoms with Gasteiger partial charge in [-0.05, 0) is 76.5 Å². The number of aromatic amines is 1. The van der Waals surface area contributed by atoms with Crippen molar-refractivity contribution in [3.8, 4) is 0 Å². The molecule has 5 heteroatoms. The van der Waals surface area contributed by atoms with E-state index >= 15 is 0 Å². The largest absolute Gasteiger partial charge is 0.312 e. The quantitative estimate of drug-likeness (QED) is 0.580. The second kappa shape index (κ2) is 10.7. The predicted octanol–water partition coefficient (Wildman–Crippen LogP) is 3.97. The third-order valence-electron chi connectivity index (χ3n) is 4.62. The Hall–Kier alpha value is -1.17. The van der Waals surface area contributed by atoms with Crippen molar-refractivity contribution in [3.05, 3.63) is 33.4 Å². The van der Waals surface area contributed by atoms with E-state index in [0.717, 1.165) is 29.7 Å². The second-order valence-electron chi connectivity index (χ2n) is 6.95. The van der Waals surface area contributed by atoms with Gasteiger partial charge in [0.15, 0.2) is 0 Å². The Kier molecular flexibility index (Phi) is 8.65. The fraction of sp³-hybridized carbons (Fsp3) is 0.650. The minimum Gasteiger partial charge on any atom is -0.312 e. The number of benzene rings is 1. The van der Waals surface area contributed by atoms with E-state index in [4.69, 9.17) is 0 Å². The van der Waals surface area contributed by atoms with E-state index in [1.54, 1.807) is 0 Å². The maximum absolute atomic E-state index is 11.4. The first-order chi connectivity index (χ1) is 12.1. The van der Waals surface area contributed by atoms with Gasteiger partial charge in [-0.3, -0.25) is 4.79 Å². The van der Waals surface area contributed by atoms with Crippen LogP contribution in [0.1, 0.15) is 45.1 Å². The van der Waals surface area contributed by atoms with Crippen molar-refractivity contribution >= 4 is 21.6 Å². The van der Waals surface area contributed by atoms with E-state index in [-0.39, 0.29) is 4.87 Å². The summed E-state index contributed by atoms with van der Waals surface area (Å²) in [6.45, 7) is 10.5. The fourth-order valence-corrected chi connectivity index (χ4v) is 4.05. The number of hydrogen-bond donors (Lipinski definition) is 1. The van der Waals surface area contributed by atoms with E-state index in [9.17, 15) is 4.79 Å². The summed E-state index contributed by atoms with van der Waals surface area (Å²) in [7, 11) is 2.24. The SMILES string of the molecule is CCCN(CCC)CCN(C)CCCCc1ccc2[nH]c(=O)sc2c1. The highest BCUT2D eigenvalue weighted by molar-refractivity contribution is 7.16. The van der Waals surface area contributed by atoms with E-state index < -0.39 is 0 Å². The van der Waals surface area contributed by atoms with Crippen LogP contribution in [0.25, 0.3) is 10.2 Å². The molecule has 140 valence electrons. The number of likely N-dealkylation sites (N-methyl/N-ethyl adjacent to an activating group) is 1. The van der Waals surface area contributed by atoms with E-state index in [1.165, 1.54) is 62.2 Å². The molecule has 1 aromatic heterocycles. The highest BCUT2D eigenvalue weighted by Gasteiger charge is 2.05. The molecule has 0 saturated heterocycles. The number of aromatic nitrogens is 1. The van der Waals surface area contributed by atoms with Crippen LogP contribution in [-0.4, -0.2) is 54.6 Å². The van der Waals surface area contributed by atoms with E-state index in [0.29, 0.717) is 0 Å². The third-order valence-corrected chi connectivity index (χ3v) is 5.46. The van der Waals surface area contributed by atoms with Gasteiger partial charge in [-0.25, -0.2) is 0 Å². The van der Waals surface area contributed by atoms with Crippen molar-refractivity contribution < 1.29 is 0 Å². The molecule has 2 rings (SSSR count). The summed E-state index contributed by atoms with van der Waals surface area (Å²) in [5, 5.41) is 0. The molecule has 0 amide bonds. The number of aryl methyl sites for hydroxylation is 1. The van der Waals surface area contributed by atoms with Crippen LogP contribution >= 0.6 is 11.3 Å². The van der Waals surface area contributed by atoms with Gasteiger partial charge in [0.1, 0.15) is 0 Å². The zero-order valence-electron chi connectivity index (χ0n) is 16.0. The lowest BCUT2D eigenvalue weighted by Crippen LogP contribution is -2.34. The Morgan fingerprint density at radius 3 is 2.48 bits per heavy atom. The van der Waals surface area contributed by atoms with Gasteiger partial charge in [0.25, 0.3) is 0 Å². The lowest BCUT2D eigenvalue weighted by molar-refractivity contribution is 0.223. The van der Waals surface area contributed by atoms with Gasteiger partial charge in [-0.2, -0.15) is 0 Å². The van der Waals surface area contributed by atoms with Gasteiger partial charge in [-0.15, -0.1) is 0 Å². The molecule has 0 aliphatic carbocycles. The molecule has 1 aromatic carbocycles. The normalized spacial score (nSPS) is 11.9. The van der Waals surface area contributed by atoms with Gasteiger partial charge in [0.05, 0.1) is 10.2 Å². The average Bonchev–Trinajstić information content (AvgIpc) is 2.96. The number of unbranched alkanes of at least 4 members (excludes halogenated alkanes) is 1. The van der Waals surface area contributed by atoms with Crippen molar-refractivity contribution in [2.45, 2.75) is 46.0 Å². The predicted molar refractivity (Wildman–Crippen MR) is 110 cm³/mol. The Morgan fingerprint density at radius 2 is 1.76 bits per heavy atom. The zero-order valence-corrected chi connectivity index (χ0v) is 16.8. The van der Waals surface area contributed by atoms with Gasteiger partial charge >= 0.3 is 4.87 Å². The van der Waals surface area contributed by atoms with E-state index in [1.807, 2.05) is 6.07 Å². The first-order valence-corrected chi connectivity index (χ1v) is 10.5. The van der Waals surface area contributed by atoms with Gasteiger partial charge < -0.3 is 14.8 Å². The van der Waals surface area contributed by atoms with Crippen molar-refractivity contribution in [3.63, 3.8) is 0 Å². The molecule has 25 heavy (non-hydrogen) atoms. The summed E-state index contributed by atoms with van der Waals surface area (Å²) in [6, 6.07) is 6.34. The van der Waals surface area contributed by atoms with Crippen LogP contribution in [-0.2, 0) is 6.42 Å². The van der Waals surface area contributed by atoms with Gasteiger partial charge in [-0.1, -0.05) is 31.3 Å². The summed E-state index contributed by atoms with van der Waals surface area (Å²) in [6.07, 6.45) is 5.99. The van der Waals surface area contributed by atoms with Crippen LogP contribution in [0, 0.1) is 0 Å². The maximum atomic E-state index is 11.4. The molecule has 0 radical (unpaired) electrons. The number of thiazole rings is 1. The molecule has 0 fully saturated rings. The topological polar surface area (TPSA) is 39.3 Å². The van der Waals surface area contributed by atoms with Crippen molar-refractivity contribution in [2.75, 3.05) is 39.8 Å². The number of nitrogens with zero attached hydrogens (tertiary/aromatic N) is 2. The number of fused-ring (bicyclic) bond motifs is 1. The Labute approximate surface area is 155 Å². The molecule has 4 nitrogen and oxygen atoms in total. The standard InChI is InChI=1S/C20H33N3OS/c1-4-11-23(12-5-2)15-14-22(3)13-7-6-8-17-9-10-18-19(16-17)25-20(24)21-18/h9-10,16H,4-8,11-15H2,1-3H3,(H,21,24). The van der Waals surface area contributed by atoms with Crippen LogP contribution in [0.4, 0.5) is 0 Å². The van der Waals surface area contributed by atoms with E-state index in [2.05, 4.69) is 47.8 Å². The third kappa shape index (κ3) is 6.92. The summed E-state index contributed by atoms with van der Waals surface area (Å²) in [5.74, 6) is 0. The monoisotopic (exact) mass is 363 g/mol. The summed E-state index contributed by atoms with van der Waals surface area (Å²) >= 11 is 1.30. The number of H-pyrrole nitrogens is 1. The number of nitrogens with one attached hydrogen (secondary N) is 1. The van der Waals surface area contributed by atoms with Crippen LogP contribution in [0.2, 0.25) is 0 Å². The average molecular weight is 364 g/mol. The minimum atomic E-state index is 0.0361. The van der Waals surface area contributed by atoms with Crippen LogP contribution in [0.3, 0.4) is 0 Å². The molecule has 0 aliphatic rings. The summed E-state index contributed by atoms with van der Waals surface area (Å²) < 4.78 is 1.08. The molecular weight excluding hydrogens is 330 g/mol. The van der Waals surface area contributed by atoms with Crippen LogP contribution in [0.15, 0.2) is 23.0 Å². The molecule has 0 spiro atoms. The number of hydrogen-bond acceptors (Lipinski definition) is 4. The zero-order chi connectivity index (χ0) is 18.1. The minimum absolute atomic E-state index is 0.0361. The molecule has 0 atom stereocenters. The van der Waals surface area contributed by atoms with Gasteiger partial charge in [0.2, 0.25) is 0 Å². The smallest absolute Gasteiger partial charge is 0.305 e. The highest BCUT2D eigenvalue weighted by Crippen LogP contribution is 2.17. The molecule has 2 aromatic rings. The highest BCUT2D eigenvalue weighted by atomic mass is 32.1. The molecule has 1 N–H and O–H groups in total. The number of rotatable bonds is 12. The molecule has 0 aliphatic heterocycles. The first kappa shape index (κ1) is 20.1. The lowest BCUT2D eigenvalue weighted by atomic mass is 10.1. The van der Waals surface area contributed by atoms with Crippen LogP contribution in [0.5, 0.6) is 0 Å². The maximum Gasteiger partial charge on any atom is 0.305 e.